The van der Waals surface area contributed by atoms with Gasteiger partial charge in [0.2, 0.25) is 0 Å². The van der Waals surface area contributed by atoms with Crippen LogP contribution in [0.15, 0.2) is 47.4 Å². The van der Waals surface area contributed by atoms with E-state index in [-0.39, 0.29) is 11.8 Å². The van der Waals surface area contributed by atoms with Crippen LogP contribution in [0.2, 0.25) is 0 Å². The van der Waals surface area contributed by atoms with Crippen molar-refractivity contribution in [3.05, 3.63) is 42.5 Å². The van der Waals surface area contributed by atoms with Crippen molar-refractivity contribution in [3.8, 4) is 0 Å². The highest BCUT2D eigenvalue weighted by atomic mass is 32.2. The molecule has 1 saturated heterocycles. The highest BCUT2D eigenvalue weighted by Gasteiger charge is 2.27. The highest BCUT2D eigenvalue weighted by Crippen LogP contribution is 2.20. The summed E-state index contributed by atoms with van der Waals surface area (Å²) in [6.45, 7) is 4.28. The molecule has 1 heterocycles. The van der Waals surface area contributed by atoms with E-state index >= 15 is 0 Å². The summed E-state index contributed by atoms with van der Waals surface area (Å²) in [6.07, 6.45) is 3.72. The molecular formula is C18H24NO2S+. The van der Waals surface area contributed by atoms with E-state index in [1.54, 1.807) is 6.07 Å². The maximum absolute atomic E-state index is 12.7. The van der Waals surface area contributed by atoms with Crippen molar-refractivity contribution < 1.29 is 13.3 Å². The zero-order valence-corrected chi connectivity index (χ0v) is 13.9. The standard InChI is InChI=1S/C18H23NO2S/c1-15(19-11-5-2-6-12-19)14-22(20,21)18-10-9-16-7-3-4-8-17(16)13-18/h3-4,7-10,13,15H,2,5-6,11-12,14H2,1H3/p+1/t15-/m1/s1. The quantitative estimate of drug-likeness (QED) is 0.937. The Morgan fingerprint density at radius 3 is 2.41 bits per heavy atom. The van der Waals surface area contributed by atoms with E-state index in [1.807, 2.05) is 36.4 Å². The molecule has 1 aliphatic rings. The van der Waals surface area contributed by atoms with Crippen molar-refractivity contribution in [1.29, 1.82) is 0 Å². The Morgan fingerprint density at radius 1 is 1.00 bits per heavy atom. The Morgan fingerprint density at radius 2 is 1.68 bits per heavy atom. The van der Waals surface area contributed by atoms with Crippen LogP contribution >= 0.6 is 0 Å². The average Bonchev–Trinajstić information content (AvgIpc) is 2.55. The number of piperidine rings is 1. The summed E-state index contributed by atoms with van der Waals surface area (Å²) < 4.78 is 25.4. The zero-order chi connectivity index (χ0) is 15.6. The van der Waals surface area contributed by atoms with E-state index in [9.17, 15) is 8.42 Å². The second kappa shape index (κ2) is 6.39. The predicted molar refractivity (Wildman–Crippen MR) is 90.0 cm³/mol. The predicted octanol–water partition coefficient (Wildman–Crippen LogP) is 2.07. The molecular weight excluding hydrogens is 294 g/mol. The molecule has 1 atom stereocenters. The number of hydrogen-bond donors (Lipinski definition) is 1. The molecule has 1 aliphatic heterocycles. The van der Waals surface area contributed by atoms with Crippen molar-refractivity contribution in [3.63, 3.8) is 0 Å². The summed E-state index contributed by atoms with van der Waals surface area (Å²) in [7, 11) is -3.22. The summed E-state index contributed by atoms with van der Waals surface area (Å²) in [4.78, 5) is 1.89. The van der Waals surface area contributed by atoms with Gasteiger partial charge in [0.15, 0.2) is 9.84 Å². The van der Waals surface area contributed by atoms with Gasteiger partial charge >= 0.3 is 0 Å². The molecule has 1 fully saturated rings. The van der Waals surface area contributed by atoms with Crippen molar-refractivity contribution in [2.75, 3.05) is 18.8 Å². The number of benzene rings is 2. The number of hydrogen-bond acceptors (Lipinski definition) is 2. The largest absolute Gasteiger partial charge is 0.332 e. The normalized spacial score (nSPS) is 18.4. The zero-order valence-electron chi connectivity index (χ0n) is 13.1. The summed E-state index contributed by atoms with van der Waals surface area (Å²) >= 11 is 0. The average molecular weight is 318 g/mol. The first kappa shape index (κ1) is 15.5. The minimum absolute atomic E-state index is 0.164. The van der Waals surface area contributed by atoms with E-state index in [2.05, 4.69) is 6.92 Å². The number of nitrogens with one attached hydrogen (secondary N) is 1. The fraction of sp³-hybridized carbons (Fsp3) is 0.444. The van der Waals surface area contributed by atoms with Crippen LogP contribution in [0, 0.1) is 0 Å². The minimum atomic E-state index is -3.22. The molecule has 2 aromatic carbocycles. The first-order chi connectivity index (χ1) is 10.6. The SMILES string of the molecule is C[C@H](CS(=O)(=O)c1ccc2ccccc2c1)[NH+]1CCCCC1. The van der Waals surface area contributed by atoms with Crippen LogP contribution in [0.3, 0.4) is 0 Å². The fourth-order valence-electron chi connectivity index (χ4n) is 3.40. The highest BCUT2D eigenvalue weighted by molar-refractivity contribution is 7.91. The Kier molecular flexibility index (Phi) is 4.50. The molecule has 0 spiro atoms. The van der Waals surface area contributed by atoms with E-state index in [1.165, 1.54) is 24.2 Å². The van der Waals surface area contributed by atoms with Gasteiger partial charge in [0.25, 0.3) is 0 Å². The molecule has 0 aliphatic carbocycles. The molecule has 118 valence electrons. The van der Waals surface area contributed by atoms with Gasteiger partial charge in [-0.25, -0.2) is 8.42 Å². The smallest absolute Gasteiger partial charge is 0.184 e. The van der Waals surface area contributed by atoms with Crippen molar-refractivity contribution in [2.45, 2.75) is 37.1 Å². The minimum Gasteiger partial charge on any atom is -0.332 e. The van der Waals surface area contributed by atoms with Gasteiger partial charge in [0, 0.05) is 0 Å². The maximum Gasteiger partial charge on any atom is 0.184 e. The first-order valence-electron chi connectivity index (χ1n) is 8.12. The molecule has 0 saturated carbocycles. The van der Waals surface area contributed by atoms with Gasteiger partial charge < -0.3 is 4.90 Å². The number of quaternary nitrogens is 1. The van der Waals surface area contributed by atoms with Gasteiger partial charge in [0.1, 0.15) is 5.75 Å². The molecule has 0 amide bonds. The molecule has 3 nitrogen and oxygen atoms in total. The first-order valence-corrected chi connectivity index (χ1v) is 9.78. The molecule has 4 heteroatoms. The van der Waals surface area contributed by atoms with Crippen LogP contribution in [-0.2, 0) is 9.84 Å². The van der Waals surface area contributed by atoms with Crippen LogP contribution < -0.4 is 4.90 Å². The molecule has 0 aromatic heterocycles. The summed E-state index contributed by atoms with van der Waals surface area (Å²) in [5, 5.41) is 2.07. The van der Waals surface area contributed by atoms with Crippen LogP contribution in [-0.4, -0.2) is 33.3 Å². The van der Waals surface area contributed by atoms with Gasteiger partial charge in [-0.1, -0.05) is 30.3 Å². The summed E-state index contributed by atoms with van der Waals surface area (Å²) in [5.74, 6) is 0.237. The van der Waals surface area contributed by atoms with Crippen LogP contribution in [0.4, 0.5) is 0 Å². The lowest BCUT2D eigenvalue weighted by molar-refractivity contribution is -0.925. The van der Waals surface area contributed by atoms with Gasteiger partial charge in [-0.3, -0.25) is 0 Å². The molecule has 1 N–H and O–H groups in total. The van der Waals surface area contributed by atoms with Crippen molar-refractivity contribution in [1.82, 2.24) is 0 Å². The lowest BCUT2D eigenvalue weighted by Gasteiger charge is -2.29. The third-order valence-corrected chi connectivity index (χ3v) is 6.65. The monoisotopic (exact) mass is 318 g/mol. The summed E-state index contributed by atoms with van der Waals surface area (Å²) in [6, 6.07) is 13.5. The van der Waals surface area contributed by atoms with Crippen LogP contribution in [0.5, 0.6) is 0 Å². The Balaban J connectivity index is 1.81. The topological polar surface area (TPSA) is 38.6 Å². The van der Waals surface area contributed by atoms with Crippen LogP contribution in [0.1, 0.15) is 26.2 Å². The number of fused-ring (bicyclic) bond motifs is 1. The molecule has 22 heavy (non-hydrogen) atoms. The fourth-order valence-corrected chi connectivity index (χ4v) is 5.07. The van der Waals surface area contributed by atoms with Gasteiger partial charge in [-0.2, -0.15) is 0 Å². The number of likely N-dealkylation sites (tertiary alicyclic amines) is 1. The molecule has 0 bridgehead atoms. The van der Waals surface area contributed by atoms with Crippen molar-refractivity contribution in [2.24, 2.45) is 0 Å². The lowest BCUT2D eigenvalue weighted by Crippen LogP contribution is -3.16. The van der Waals surface area contributed by atoms with E-state index in [0.29, 0.717) is 4.90 Å². The molecule has 2 aromatic rings. The van der Waals surface area contributed by atoms with Gasteiger partial charge in [0.05, 0.1) is 24.0 Å². The molecule has 0 unspecified atom stereocenters. The Labute approximate surface area is 132 Å². The third-order valence-electron chi connectivity index (χ3n) is 4.74. The Bertz CT molecular complexity index is 749. The van der Waals surface area contributed by atoms with E-state index < -0.39 is 9.84 Å². The maximum atomic E-state index is 12.7. The van der Waals surface area contributed by atoms with E-state index in [4.69, 9.17) is 0 Å². The third kappa shape index (κ3) is 3.33. The summed E-state index contributed by atoms with van der Waals surface area (Å²) in [5.41, 5.74) is 0. The van der Waals surface area contributed by atoms with Gasteiger partial charge in [-0.05, 0) is 49.1 Å². The molecule has 3 rings (SSSR count). The van der Waals surface area contributed by atoms with Crippen LogP contribution in [0.25, 0.3) is 10.8 Å². The second-order valence-corrected chi connectivity index (χ2v) is 8.44. The second-order valence-electron chi connectivity index (χ2n) is 6.41. The lowest BCUT2D eigenvalue weighted by atomic mass is 10.1. The Hall–Kier alpha value is -1.39. The molecule has 0 radical (unpaired) electrons. The van der Waals surface area contributed by atoms with E-state index in [0.717, 1.165) is 23.9 Å². The number of rotatable bonds is 4. The number of sulfone groups is 1. The van der Waals surface area contributed by atoms with Gasteiger partial charge in [-0.15, -0.1) is 0 Å². The van der Waals surface area contributed by atoms with Crippen molar-refractivity contribution >= 4 is 20.6 Å².